The van der Waals surface area contributed by atoms with Crippen molar-refractivity contribution in [2.24, 2.45) is 0 Å². The third kappa shape index (κ3) is 5.41. The Bertz CT molecular complexity index is 253. The molecule has 0 aliphatic carbocycles. The van der Waals surface area contributed by atoms with Crippen LogP contribution in [0, 0.1) is 0 Å². The van der Waals surface area contributed by atoms with Crippen molar-refractivity contribution in [3.05, 3.63) is 34.9 Å². The molecule has 0 bridgehead atoms. The molecular formula is C9H11ClOS3. The lowest BCUT2D eigenvalue weighted by Crippen LogP contribution is -1.81. The zero-order valence-corrected chi connectivity index (χ0v) is 10.7. The molecule has 0 aliphatic heterocycles. The molecule has 1 aromatic rings. The fourth-order valence-electron chi connectivity index (χ4n) is 0.778. The predicted molar refractivity (Wildman–Crippen MR) is 69.9 cm³/mol. The molecule has 78 valence electrons. The van der Waals surface area contributed by atoms with Crippen molar-refractivity contribution in [1.82, 2.24) is 0 Å². The molecule has 0 aliphatic rings. The van der Waals surface area contributed by atoms with Gasteiger partial charge in [0.15, 0.2) is 0 Å². The van der Waals surface area contributed by atoms with Gasteiger partial charge in [-0.05, 0) is 27.5 Å². The fraction of sp³-hybridized carbons (Fsp3) is 0.333. The van der Waals surface area contributed by atoms with E-state index in [0.717, 1.165) is 16.5 Å². The van der Waals surface area contributed by atoms with Gasteiger partial charge in [0.05, 0.1) is 6.61 Å². The van der Waals surface area contributed by atoms with Crippen LogP contribution < -0.4 is 0 Å². The van der Waals surface area contributed by atoms with Gasteiger partial charge in [-0.3, -0.25) is 0 Å². The van der Waals surface area contributed by atoms with Gasteiger partial charge in [-0.1, -0.05) is 45.3 Å². The van der Waals surface area contributed by atoms with Crippen molar-refractivity contribution in [2.45, 2.75) is 5.75 Å². The molecule has 0 atom stereocenters. The molecule has 14 heavy (non-hydrogen) atoms. The van der Waals surface area contributed by atoms with Crippen molar-refractivity contribution in [3.8, 4) is 0 Å². The minimum atomic E-state index is 0.249. The molecule has 0 spiro atoms. The number of hydrogen-bond donors (Lipinski definition) is 1. The monoisotopic (exact) mass is 266 g/mol. The number of hydrogen-bond acceptors (Lipinski definition) is 4. The van der Waals surface area contributed by atoms with Gasteiger partial charge in [0.1, 0.15) is 0 Å². The van der Waals surface area contributed by atoms with Crippen LogP contribution in [0.2, 0.25) is 5.02 Å². The van der Waals surface area contributed by atoms with Crippen molar-refractivity contribution in [1.29, 1.82) is 0 Å². The van der Waals surface area contributed by atoms with Crippen LogP contribution in [0.15, 0.2) is 24.3 Å². The van der Waals surface area contributed by atoms with Gasteiger partial charge in [0.25, 0.3) is 0 Å². The second kappa shape index (κ2) is 7.77. The van der Waals surface area contributed by atoms with Crippen LogP contribution in [-0.4, -0.2) is 17.5 Å². The van der Waals surface area contributed by atoms with Crippen molar-refractivity contribution < 1.29 is 5.11 Å². The van der Waals surface area contributed by atoms with Gasteiger partial charge < -0.3 is 5.11 Å². The molecule has 1 N–H and O–H groups in total. The van der Waals surface area contributed by atoms with Crippen LogP contribution >= 0.6 is 43.0 Å². The van der Waals surface area contributed by atoms with Crippen molar-refractivity contribution in [2.75, 3.05) is 12.4 Å². The molecule has 0 unspecified atom stereocenters. The second-order valence-corrected chi connectivity index (χ2v) is 7.29. The van der Waals surface area contributed by atoms with Crippen LogP contribution in [0.5, 0.6) is 0 Å². The summed E-state index contributed by atoms with van der Waals surface area (Å²) in [7, 11) is 5.17. The molecule has 1 nitrogen and oxygen atoms in total. The first kappa shape index (κ1) is 12.6. The third-order valence-electron chi connectivity index (χ3n) is 1.41. The van der Waals surface area contributed by atoms with E-state index in [1.165, 1.54) is 5.56 Å². The minimum Gasteiger partial charge on any atom is -0.395 e. The van der Waals surface area contributed by atoms with E-state index in [9.17, 15) is 0 Å². The maximum absolute atomic E-state index is 8.56. The van der Waals surface area contributed by atoms with Gasteiger partial charge in [0.2, 0.25) is 0 Å². The summed E-state index contributed by atoms with van der Waals surface area (Å²) < 4.78 is 0. The molecule has 0 heterocycles. The van der Waals surface area contributed by atoms with Crippen LogP contribution in [0.4, 0.5) is 0 Å². The average molecular weight is 267 g/mol. The second-order valence-electron chi connectivity index (χ2n) is 2.50. The van der Waals surface area contributed by atoms with E-state index in [1.807, 2.05) is 24.3 Å². The average Bonchev–Trinajstić information content (AvgIpc) is 2.21. The van der Waals surface area contributed by atoms with Crippen LogP contribution in [0.25, 0.3) is 0 Å². The van der Waals surface area contributed by atoms with E-state index in [-0.39, 0.29) is 6.61 Å². The molecule has 5 heteroatoms. The molecule has 0 saturated heterocycles. The molecule has 0 amide bonds. The van der Waals surface area contributed by atoms with Crippen LogP contribution in [0.3, 0.4) is 0 Å². The van der Waals surface area contributed by atoms with E-state index >= 15 is 0 Å². The molecule has 0 radical (unpaired) electrons. The number of aliphatic hydroxyl groups excluding tert-OH is 1. The quantitative estimate of drug-likeness (QED) is 0.623. The molecule has 1 aromatic carbocycles. The highest BCUT2D eigenvalue weighted by atomic mass is 35.5. The normalized spacial score (nSPS) is 10.4. The van der Waals surface area contributed by atoms with Gasteiger partial charge in [-0.15, -0.1) is 0 Å². The lowest BCUT2D eigenvalue weighted by Gasteiger charge is -2.00. The number of aliphatic hydroxyl groups is 1. The van der Waals surface area contributed by atoms with Gasteiger partial charge in [-0.25, -0.2) is 0 Å². The van der Waals surface area contributed by atoms with Crippen LogP contribution in [0.1, 0.15) is 5.56 Å². The number of benzene rings is 1. The lowest BCUT2D eigenvalue weighted by atomic mass is 10.2. The van der Waals surface area contributed by atoms with E-state index in [2.05, 4.69) is 0 Å². The summed E-state index contributed by atoms with van der Waals surface area (Å²) in [6.07, 6.45) is 0. The smallest absolute Gasteiger partial charge is 0.0530 e. The Morgan fingerprint density at radius 3 is 2.50 bits per heavy atom. The van der Waals surface area contributed by atoms with E-state index in [0.29, 0.717) is 0 Å². The number of rotatable bonds is 6. The Hall–Kier alpha value is 0.520. The standard InChI is InChI=1S/C9H11ClOS3/c10-9-3-1-8(2-4-9)7-13-14-12-6-5-11/h1-4,11H,5-7H2. The van der Waals surface area contributed by atoms with Crippen LogP contribution in [-0.2, 0) is 5.75 Å². The van der Waals surface area contributed by atoms with Crippen molar-refractivity contribution in [3.63, 3.8) is 0 Å². The highest BCUT2D eigenvalue weighted by molar-refractivity contribution is 9.09. The Kier molecular flexibility index (Phi) is 6.98. The molecule has 0 aromatic heterocycles. The maximum Gasteiger partial charge on any atom is 0.0530 e. The van der Waals surface area contributed by atoms with E-state index in [4.69, 9.17) is 16.7 Å². The summed E-state index contributed by atoms with van der Waals surface area (Å²) in [6.45, 7) is 0.249. The first-order valence-corrected chi connectivity index (χ1v) is 8.29. The SMILES string of the molecule is OCCSSSCc1ccc(Cl)cc1. The summed E-state index contributed by atoms with van der Waals surface area (Å²) in [4.78, 5) is 0. The highest BCUT2D eigenvalue weighted by Crippen LogP contribution is 2.36. The Balaban J connectivity index is 2.15. The minimum absolute atomic E-state index is 0.249. The lowest BCUT2D eigenvalue weighted by molar-refractivity contribution is 0.323. The summed E-state index contributed by atoms with van der Waals surface area (Å²) in [5.74, 6) is 1.76. The number of halogens is 1. The Morgan fingerprint density at radius 2 is 1.86 bits per heavy atom. The maximum atomic E-state index is 8.56. The summed E-state index contributed by atoms with van der Waals surface area (Å²) in [5, 5.41) is 9.33. The summed E-state index contributed by atoms with van der Waals surface area (Å²) in [5.41, 5.74) is 1.27. The van der Waals surface area contributed by atoms with Gasteiger partial charge >= 0.3 is 0 Å². The van der Waals surface area contributed by atoms with E-state index < -0.39 is 0 Å². The predicted octanol–water partition coefficient (Wildman–Crippen LogP) is 3.86. The molecule has 0 fully saturated rings. The van der Waals surface area contributed by atoms with E-state index in [1.54, 1.807) is 31.4 Å². The summed E-state index contributed by atoms with van der Waals surface area (Å²) >= 11 is 5.77. The first-order valence-electron chi connectivity index (χ1n) is 4.09. The highest BCUT2D eigenvalue weighted by Gasteiger charge is 1.95. The Morgan fingerprint density at radius 1 is 1.14 bits per heavy atom. The first-order chi connectivity index (χ1) is 6.83. The third-order valence-corrected chi connectivity index (χ3v) is 5.82. The van der Waals surface area contributed by atoms with Gasteiger partial charge in [0, 0.05) is 16.5 Å². The molecular weight excluding hydrogens is 256 g/mol. The zero-order chi connectivity index (χ0) is 10.2. The topological polar surface area (TPSA) is 20.2 Å². The summed E-state index contributed by atoms with van der Waals surface area (Å²) in [6, 6.07) is 7.88. The largest absolute Gasteiger partial charge is 0.395 e. The van der Waals surface area contributed by atoms with Gasteiger partial charge in [-0.2, -0.15) is 0 Å². The van der Waals surface area contributed by atoms with Crippen molar-refractivity contribution >= 4 is 43.0 Å². The fourth-order valence-corrected chi connectivity index (χ4v) is 4.33. The molecule has 0 saturated carbocycles. The molecule has 1 rings (SSSR count). The zero-order valence-electron chi connectivity index (χ0n) is 7.48. The Labute approximate surface area is 101 Å².